The molecule has 0 bridgehead atoms. The Morgan fingerprint density at radius 3 is 2.36 bits per heavy atom. The van der Waals surface area contributed by atoms with Crippen LogP contribution in [0.25, 0.3) is 10.8 Å². The van der Waals surface area contributed by atoms with Crippen molar-refractivity contribution in [3.63, 3.8) is 0 Å². The average molecular weight is 562 g/mol. The first-order valence-corrected chi connectivity index (χ1v) is 14.9. The number of amides is 1. The van der Waals surface area contributed by atoms with Gasteiger partial charge in [-0.25, -0.2) is 0 Å². The van der Waals surface area contributed by atoms with Crippen molar-refractivity contribution in [2.24, 2.45) is 11.5 Å². The van der Waals surface area contributed by atoms with E-state index in [-0.39, 0.29) is 29.9 Å². The predicted molar refractivity (Wildman–Crippen MR) is 173 cm³/mol. The highest BCUT2D eigenvalue weighted by Crippen LogP contribution is 2.23. The van der Waals surface area contributed by atoms with E-state index in [2.05, 4.69) is 79.1 Å². The summed E-state index contributed by atoms with van der Waals surface area (Å²) < 4.78 is 0. The molecule has 1 amide bonds. The molecule has 5 N–H and O–H groups in total. The van der Waals surface area contributed by atoms with Gasteiger partial charge in [0.15, 0.2) is 0 Å². The summed E-state index contributed by atoms with van der Waals surface area (Å²) in [7, 11) is 0. The van der Waals surface area contributed by atoms with Gasteiger partial charge in [-0.2, -0.15) is 0 Å². The van der Waals surface area contributed by atoms with Crippen molar-refractivity contribution < 1.29 is 4.79 Å². The van der Waals surface area contributed by atoms with Crippen LogP contribution in [0.5, 0.6) is 0 Å². The zero-order valence-corrected chi connectivity index (χ0v) is 25.0. The van der Waals surface area contributed by atoms with Gasteiger partial charge in [0, 0.05) is 43.3 Å². The number of nitrogens with two attached hydrogens (primary N) is 2. The molecule has 1 saturated heterocycles. The van der Waals surface area contributed by atoms with Crippen LogP contribution in [0.4, 0.5) is 0 Å². The summed E-state index contributed by atoms with van der Waals surface area (Å²) in [5, 5.41) is 10.1. The molecule has 1 fully saturated rings. The number of hydrogen-bond donors (Lipinski definition) is 3. The first-order chi connectivity index (χ1) is 20.2. The zero-order valence-electron chi connectivity index (χ0n) is 25.0. The van der Waals surface area contributed by atoms with E-state index in [1.807, 2.05) is 36.4 Å². The Morgan fingerprint density at radius 1 is 0.929 bits per heavy atom. The summed E-state index contributed by atoms with van der Waals surface area (Å²) in [6.07, 6.45) is 2.00. The molecule has 218 valence electrons. The number of hydrogen-bond acceptors (Lipinski definition) is 4. The van der Waals surface area contributed by atoms with Crippen molar-refractivity contribution in [2.45, 2.75) is 58.2 Å². The standard InChI is InChI=1S/C36H43N5O/c1-24-8-12-31(25(2)16-24)20-33(37)22-40-21-26(3)41(23-34(40)18-27-9-14-30(15-10-27)36(38)39)35(42)19-28-11-13-29-6-4-5-7-32(29)17-28/h4-17,26,33-34H,18-23,37H2,1-3H3,(H3,38,39)/t26-,33-,34?/m1/s1. The van der Waals surface area contributed by atoms with Crippen molar-refractivity contribution in [1.29, 1.82) is 5.41 Å². The van der Waals surface area contributed by atoms with Crippen molar-refractivity contribution in [3.05, 3.63) is 118 Å². The molecule has 5 rings (SSSR count). The Balaban J connectivity index is 1.33. The van der Waals surface area contributed by atoms with Crippen molar-refractivity contribution in [2.75, 3.05) is 19.6 Å². The topological polar surface area (TPSA) is 99.4 Å². The lowest BCUT2D eigenvalue weighted by molar-refractivity contribution is -0.136. The molecule has 42 heavy (non-hydrogen) atoms. The van der Waals surface area contributed by atoms with Gasteiger partial charge in [0.25, 0.3) is 0 Å². The number of piperazine rings is 1. The number of amidine groups is 1. The fourth-order valence-corrected chi connectivity index (χ4v) is 6.31. The maximum Gasteiger partial charge on any atom is 0.227 e. The van der Waals surface area contributed by atoms with Gasteiger partial charge in [-0.15, -0.1) is 0 Å². The normalized spacial score (nSPS) is 18.2. The van der Waals surface area contributed by atoms with E-state index in [0.717, 1.165) is 48.0 Å². The summed E-state index contributed by atoms with van der Waals surface area (Å²) in [4.78, 5) is 18.3. The van der Waals surface area contributed by atoms with Gasteiger partial charge in [0.1, 0.15) is 5.84 Å². The van der Waals surface area contributed by atoms with E-state index in [4.69, 9.17) is 16.9 Å². The van der Waals surface area contributed by atoms with Gasteiger partial charge < -0.3 is 16.4 Å². The summed E-state index contributed by atoms with van der Waals surface area (Å²) in [6, 6.07) is 29.3. The summed E-state index contributed by atoms with van der Waals surface area (Å²) >= 11 is 0. The molecule has 0 aromatic heterocycles. The Kier molecular flexibility index (Phi) is 9.05. The highest BCUT2D eigenvalue weighted by molar-refractivity contribution is 5.94. The number of aryl methyl sites for hydroxylation is 2. The van der Waals surface area contributed by atoms with Gasteiger partial charge in [-0.1, -0.05) is 90.5 Å². The minimum Gasteiger partial charge on any atom is -0.384 e. The zero-order chi connectivity index (χ0) is 29.8. The summed E-state index contributed by atoms with van der Waals surface area (Å²) in [6.45, 7) is 8.62. The number of nitrogens with one attached hydrogen (secondary N) is 1. The lowest BCUT2D eigenvalue weighted by atomic mass is 9.95. The number of carbonyl (C=O) groups is 1. The molecule has 0 aliphatic carbocycles. The first-order valence-electron chi connectivity index (χ1n) is 14.9. The van der Waals surface area contributed by atoms with Crippen LogP contribution in [0, 0.1) is 19.3 Å². The lowest BCUT2D eigenvalue weighted by Gasteiger charge is -2.46. The Morgan fingerprint density at radius 2 is 1.64 bits per heavy atom. The second-order valence-electron chi connectivity index (χ2n) is 12.1. The third kappa shape index (κ3) is 7.07. The molecule has 0 saturated carbocycles. The molecule has 3 atom stereocenters. The van der Waals surface area contributed by atoms with Crippen LogP contribution in [0.3, 0.4) is 0 Å². The monoisotopic (exact) mass is 561 g/mol. The maximum atomic E-state index is 13.7. The van der Waals surface area contributed by atoms with Gasteiger partial charge in [-0.05, 0) is 66.6 Å². The van der Waals surface area contributed by atoms with E-state index in [1.54, 1.807) is 0 Å². The molecule has 6 heteroatoms. The highest BCUT2D eigenvalue weighted by atomic mass is 16.2. The van der Waals surface area contributed by atoms with Gasteiger partial charge >= 0.3 is 0 Å². The van der Waals surface area contributed by atoms with Crippen LogP contribution < -0.4 is 11.5 Å². The SMILES string of the molecule is Cc1ccc(C[C@@H](N)CN2C[C@@H](C)N(C(=O)Cc3ccc4ccccc4c3)CC2Cc2ccc(C(=N)N)cc2)c(C)c1. The van der Waals surface area contributed by atoms with Crippen LogP contribution in [0.2, 0.25) is 0 Å². The van der Waals surface area contributed by atoms with Crippen LogP contribution in [-0.4, -0.2) is 59.3 Å². The largest absolute Gasteiger partial charge is 0.384 e. The van der Waals surface area contributed by atoms with Gasteiger partial charge in [0.05, 0.1) is 6.42 Å². The molecule has 0 radical (unpaired) electrons. The minimum absolute atomic E-state index is 0.0129. The van der Waals surface area contributed by atoms with E-state index in [1.165, 1.54) is 22.1 Å². The van der Waals surface area contributed by atoms with Crippen LogP contribution in [0.15, 0.2) is 84.9 Å². The predicted octanol–water partition coefficient (Wildman–Crippen LogP) is 5.00. The number of nitrogen functional groups attached to an aromatic ring is 1. The third-order valence-electron chi connectivity index (χ3n) is 8.63. The number of rotatable bonds is 9. The van der Waals surface area contributed by atoms with Crippen molar-refractivity contribution in [3.8, 4) is 0 Å². The number of benzene rings is 4. The van der Waals surface area contributed by atoms with E-state index in [9.17, 15) is 4.79 Å². The molecule has 0 spiro atoms. The third-order valence-corrected chi connectivity index (χ3v) is 8.63. The highest BCUT2D eigenvalue weighted by Gasteiger charge is 2.35. The quantitative estimate of drug-likeness (QED) is 0.198. The Labute approximate surface area is 249 Å². The number of carbonyl (C=O) groups excluding carboxylic acids is 1. The molecular formula is C36H43N5O. The molecule has 4 aromatic rings. The second-order valence-corrected chi connectivity index (χ2v) is 12.1. The van der Waals surface area contributed by atoms with Crippen LogP contribution in [0.1, 0.15) is 40.3 Å². The maximum absolute atomic E-state index is 13.7. The van der Waals surface area contributed by atoms with Gasteiger partial charge in [-0.3, -0.25) is 15.1 Å². The molecule has 1 heterocycles. The van der Waals surface area contributed by atoms with E-state index < -0.39 is 0 Å². The van der Waals surface area contributed by atoms with Crippen molar-refractivity contribution >= 4 is 22.5 Å². The smallest absolute Gasteiger partial charge is 0.227 e. The van der Waals surface area contributed by atoms with E-state index >= 15 is 0 Å². The molecule has 1 aliphatic heterocycles. The number of fused-ring (bicyclic) bond motifs is 1. The molecule has 6 nitrogen and oxygen atoms in total. The summed E-state index contributed by atoms with van der Waals surface area (Å²) in [5.74, 6) is 0.228. The fourth-order valence-electron chi connectivity index (χ4n) is 6.31. The second kappa shape index (κ2) is 12.9. The minimum atomic E-state index is -0.0129. The summed E-state index contributed by atoms with van der Waals surface area (Å²) in [5.41, 5.74) is 19.2. The van der Waals surface area contributed by atoms with E-state index in [0.29, 0.717) is 13.0 Å². The number of nitrogens with zero attached hydrogens (tertiary/aromatic N) is 2. The molecule has 1 aliphatic rings. The molecular weight excluding hydrogens is 518 g/mol. The first kappa shape index (κ1) is 29.5. The van der Waals surface area contributed by atoms with Crippen LogP contribution in [-0.2, 0) is 24.1 Å². The lowest BCUT2D eigenvalue weighted by Crippen LogP contribution is -2.61. The molecule has 4 aromatic carbocycles. The fraction of sp³-hybridized carbons (Fsp3) is 0.333. The van der Waals surface area contributed by atoms with Crippen molar-refractivity contribution in [1.82, 2.24) is 9.80 Å². The average Bonchev–Trinajstić information content (AvgIpc) is 2.96. The molecule has 1 unspecified atom stereocenters. The Hall–Kier alpha value is -4.00. The van der Waals surface area contributed by atoms with Crippen LogP contribution >= 0.6 is 0 Å². The Bertz CT molecular complexity index is 1560. The van der Waals surface area contributed by atoms with Gasteiger partial charge in [0.2, 0.25) is 5.91 Å².